The van der Waals surface area contributed by atoms with E-state index in [1.54, 1.807) is 13.0 Å². The van der Waals surface area contributed by atoms with Gasteiger partial charge >= 0.3 is 5.97 Å². The largest absolute Gasteiger partial charge is 0.462 e. The third-order valence-corrected chi connectivity index (χ3v) is 5.10. The summed E-state index contributed by atoms with van der Waals surface area (Å²) in [6.07, 6.45) is 2.96. The number of rotatable bonds is 5. The number of hydrogen-bond donors (Lipinski definition) is 1. The highest BCUT2D eigenvalue weighted by molar-refractivity contribution is 7.20. The molecule has 0 saturated heterocycles. The van der Waals surface area contributed by atoms with Crippen LogP contribution < -0.4 is 5.32 Å². The van der Waals surface area contributed by atoms with Crippen molar-refractivity contribution in [3.63, 3.8) is 0 Å². The summed E-state index contributed by atoms with van der Waals surface area (Å²) >= 11 is 1.41. The normalized spacial score (nSPS) is 14.1. The lowest BCUT2D eigenvalue weighted by Crippen LogP contribution is -2.28. The van der Waals surface area contributed by atoms with E-state index in [1.807, 2.05) is 30.3 Å². The third-order valence-electron chi connectivity index (χ3n) is 4.00. The van der Waals surface area contributed by atoms with Gasteiger partial charge in [0.2, 0.25) is 5.91 Å². The maximum atomic E-state index is 12.2. The van der Waals surface area contributed by atoms with E-state index in [9.17, 15) is 9.59 Å². The van der Waals surface area contributed by atoms with Crippen LogP contribution in [0.25, 0.3) is 10.4 Å². The second-order valence-corrected chi connectivity index (χ2v) is 6.61. The Labute approximate surface area is 139 Å². The molecule has 1 aliphatic rings. The van der Waals surface area contributed by atoms with E-state index >= 15 is 0 Å². The fourth-order valence-electron chi connectivity index (χ4n) is 2.47. The van der Waals surface area contributed by atoms with Gasteiger partial charge in [-0.1, -0.05) is 36.8 Å². The number of ether oxygens (including phenoxy) is 1. The SMILES string of the molecule is CCOC(=O)c1cc(-c2ccccc2)sc1NC(=O)C1CCC1. The van der Waals surface area contributed by atoms with Gasteiger partial charge in [-0.05, 0) is 31.4 Å². The van der Waals surface area contributed by atoms with Crippen molar-refractivity contribution < 1.29 is 14.3 Å². The van der Waals surface area contributed by atoms with Crippen LogP contribution in [0.3, 0.4) is 0 Å². The summed E-state index contributed by atoms with van der Waals surface area (Å²) in [6.45, 7) is 2.08. The molecule has 5 heteroatoms. The van der Waals surface area contributed by atoms with Crippen molar-refractivity contribution in [1.82, 2.24) is 0 Å². The lowest BCUT2D eigenvalue weighted by molar-refractivity contribution is -0.122. The summed E-state index contributed by atoms with van der Waals surface area (Å²) in [6, 6.07) is 11.6. The number of anilines is 1. The van der Waals surface area contributed by atoms with Gasteiger partial charge in [-0.25, -0.2) is 4.79 Å². The maximum absolute atomic E-state index is 12.2. The molecule has 4 nitrogen and oxygen atoms in total. The molecule has 120 valence electrons. The van der Waals surface area contributed by atoms with Crippen LogP contribution in [0.4, 0.5) is 5.00 Å². The number of benzene rings is 1. The zero-order valence-electron chi connectivity index (χ0n) is 13.0. The number of nitrogens with one attached hydrogen (secondary N) is 1. The Kier molecular flexibility index (Phi) is 4.76. The molecule has 0 aliphatic heterocycles. The van der Waals surface area contributed by atoms with Crippen LogP contribution in [-0.4, -0.2) is 18.5 Å². The molecule has 2 aromatic rings. The Morgan fingerprint density at radius 2 is 2.00 bits per heavy atom. The fraction of sp³-hybridized carbons (Fsp3) is 0.333. The molecule has 1 aliphatic carbocycles. The second kappa shape index (κ2) is 6.96. The van der Waals surface area contributed by atoms with Crippen LogP contribution in [0, 0.1) is 5.92 Å². The standard InChI is InChI=1S/C18H19NO3S/c1-2-22-18(21)14-11-15(12-7-4-3-5-8-12)23-17(14)19-16(20)13-9-6-10-13/h3-5,7-8,11,13H,2,6,9-10H2,1H3,(H,19,20). The minimum Gasteiger partial charge on any atom is -0.462 e. The molecule has 1 aromatic carbocycles. The summed E-state index contributed by atoms with van der Waals surface area (Å²) in [5, 5.41) is 3.50. The summed E-state index contributed by atoms with van der Waals surface area (Å²) in [5.74, 6) is -0.314. The van der Waals surface area contributed by atoms with Gasteiger partial charge in [0.1, 0.15) is 5.00 Å². The molecule has 1 aromatic heterocycles. The van der Waals surface area contributed by atoms with Gasteiger partial charge in [0.25, 0.3) is 0 Å². The molecule has 23 heavy (non-hydrogen) atoms. The number of thiophene rings is 1. The van der Waals surface area contributed by atoms with E-state index in [1.165, 1.54) is 11.3 Å². The zero-order chi connectivity index (χ0) is 16.2. The smallest absolute Gasteiger partial charge is 0.341 e. The zero-order valence-corrected chi connectivity index (χ0v) is 13.8. The molecule has 1 saturated carbocycles. The first-order chi connectivity index (χ1) is 11.2. The van der Waals surface area contributed by atoms with Crippen molar-refractivity contribution in [2.24, 2.45) is 5.92 Å². The quantitative estimate of drug-likeness (QED) is 0.831. The Morgan fingerprint density at radius 3 is 2.61 bits per heavy atom. The van der Waals surface area contributed by atoms with Crippen LogP contribution >= 0.6 is 11.3 Å². The van der Waals surface area contributed by atoms with Crippen LogP contribution in [0.15, 0.2) is 36.4 Å². The van der Waals surface area contributed by atoms with Gasteiger partial charge in [0, 0.05) is 10.8 Å². The Morgan fingerprint density at radius 1 is 1.26 bits per heavy atom. The molecule has 0 atom stereocenters. The summed E-state index contributed by atoms with van der Waals surface area (Å²) in [4.78, 5) is 25.3. The van der Waals surface area contributed by atoms with Gasteiger partial charge in [-0.3, -0.25) is 4.79 Å². The highest BCUT2D eigenvalue weighted by atomic mass is 32.1. The highest BCUT2D eigenvalue weighted by Gasteiger charge is 2.27. The molecule has 0 unspecified atom stereocenters. The van der Waals surface area contributed by atoms with Gasteiger partial charge in [0.15, 0.2) is 0 Å². The predicted octanol–water partition coefficient (Wildman–Crippen LogP) is 4.33. The van der Waals surface area contributed by atoms with E-state index in [2.05, 4.69) is 5.32 Å². The average molecular weight is 329 g/mol. The third kappa shape index (κ3) is 3.45. The highest BCUT2D eigenvalue weighted by Crippen LogP contribution is 2.37. The van der Waals surface area contributed by atoms with E-state index in [0.29, 0.717) is 17.2 Å². The fourth-order valence-corrected chi connectivity index (χ4v) is 3.53. The van der Waals surface area contributed by atoms with Crippen molar-refractivity contribution >= 4 is 28.2 Å². The van der Waals surface area contributed by atoms with Crippen molar-refractivity contribution in [3.05, 3.63) is 42.0 Å². The number of amides is 1. The topological polar surface area (TPSA) is 55.4 Å². The van der Waals surface area contributed by atoms with Gasteiger partial charge in [0.05, 0.1) is 12.2 Å². The second-order valence-electron chi connectivity index (χ2n) is 5.56. The molecular formula is C18H19NO3S. The van der Waals surface area contributed by atoms with Crippen LogP contribution in [0.2, 0.25) is 0 Å². The summed E-state index contributed by atoms with van der Waals surface area (Å²) < 4.78 is 5.12. The maximum Gasteiger partial charge on any atom is 0.341 e. The summed E-state index contributed by atoms with van der Waals surface area (Å²) in [5.41, 5.74) is 1.45. The Balaban J connectivity index is 1.90. The molecule has 0 bridgehead atoms. The van der Waals surface area contributed by atoms with E-state index < -0.39 is 5.97 Å². The van der Waals surface area contributed by atoms with Crippen molar-refractivity contribution in [1.29, 1.82) is 0 Å². The van der Waals surface area contributed by atoms with E-state index in [0.717, 1.165) is 29.7 Å². The van der Waals surface area contributed by atoms with Crippen molar-refractivity contribution in [2.45, 2.75) is 26.2 Å². The monoisotopic (exact) mass is 329 g/mol. The first-order valence-corrected chi connectivity index (χ1v) is 8.68. The number of hydrogen-bond acceptors (Lipinski definition) is 4. The van der Waals surface area contributed by atoms with Gasteiger partial charge < -0.3 is 10.1 Å². The number of esters is 1. The van der Waals surface area contributed by atoms with Crippen LogP contribution in [0.1, 0.15) is 36.5 Å². The lowest BCUT2D eigenvalue weighted by Gasteiger charge is -2.23. The lowest BCUT2D eigenvalue weighted by atomic mass is 9.85. The first kappa shape index (κ1) is 15.7. The predicted molar refractivity (Wildman–Crippen MR) is 91.7 cm³/mol. The summed E-state index contributed by atoms with van der Waals surface area (Å²) in [7, 11) is 0. The van der Waals surface area contributed by atoms with Gasteiger partial charge in [-0.15, -0.1) is 11.3 Å². The van der Waals surface area contributed by atoms with Crippen LogP contribution in [0.5, 0.6) is 0 Å². The Bertz CT molecular complexity index is 704. The van der Waals surface area contributed by atoms with Crippen LogP contribution in [-0.2, 0) is 9.53 Å². The van der Waals surface area contributed by atoms with E-state index in [-0.39, 0.29) is 11.8 Å². The van der Waals surface area contributed by atoms with Gasteiger partial charge in [-0.2, -0.15) is 0 Å². The number of carbonyl (C=O) groups is 2. The molecule has 1 amide bonds. The molecule has 1 fully saturated rings. The van der Waals surface area contributed by atoms with E-state index in [4.69, 9.17) is 4.74 Å². The molecule has 3 rings (SSSR count). The molecular weight excluding hydrogens is 310 g/mol. The molecule has 0 radical (unpaired) electrons. The molecule has 1 N–H and O–H groups in total. The average Bonchev–Trinajstić information content (AvgIpc) is 2.90. The molecule has 1 heterocycles. The first-order valence-electron chi connectivity index (χ1n) is 7.86. The minimum atomic E-state index is -0.394. The minimum absolute atomic E-state index is 0.00302. The number of carbonyl (C=O) groups excluding carboxylic acids is 2. The Hall–Kier alpha value is -2.14. The van der Waals surface area contributed by atoms with Crippen molar-refractivity contribution in [3.8, 4) is 10.4 Å². The molecule has 0 spiro atoms. The van der Waals surface area contributed by atoms with Crippen molar-refractivity contribution in [2.75, 3.05) is 11.9 Å².